The van der Waals surface area contributed by atoms with Gasteiger partial charge in [-0.2, -0.15) is 0 Å². The number of carbonyl (C=O) groups is 1. The fourth-order valence-electron chi connectivity index (χ4n) is 1.23. The highest BCUT2D eigenvalue weighted by molar-refractivity contribution is 9.10. The van der Waals surface area contributed by atoms with Gasteiger partial charge in [-0.15, -0.1) is 11.3 Å². The molecule has 2 rings (SSSR count). The van der Waals surface area contributed by atoms with E-state index in [-0.39, 0.29) is 5.91 Å². The number of halogens is 2. The summed E-state index contributed by atoms with van der Waals surface area (Å²) in [6.45, 7) is 1.87. The predicted octanol–water partition coefficient (Wildman–Crippen LogP) is 4.12. The van der Waals surface area contributed by atoms with Crippen molar-refractivity contribution in [2.45, 2.75) is 6.92 Å². The van der Waals surface area contributed by atoms with E-state index in [2.05, 4.69) is 26.2 Å². The Hall–Kier alpha value is -0.910. The molecule has 6 heteroatoms. The van der Waals surface area contributed by atoms with Crippen LogP contribution >= 0.6 is 38.9 Å². The lowest BCUT2D eigenvalue weighted by molar-refractivity contribution is 0.103. The quantitative estimate of drug-likeness (QED) is 0.899. The first kappa shape index (κ1) is 12.5. The van der Waals surface area contributed by atoms with Crippen LogP contribution in [-0.2, 0) is 0 Å². The van der Waals surface area contributed by atoms with Gasteiger partial charge < -0.3 is 5.32 Å². The molecule has 1 amide bonds. The van der Waals surface area contributed by atoms with Crippen LogP contribution in [-0.4, -0.2) is 10.9 Å². The van der Waals surface area contributed by atoms with Crippen LogP contribution in [0.2, 0.25) is 5.02 Å². The maximum absolute atomic E-state index is 12.0. The van der Waals surface area contributed by atoms with Gasteiger partial charge in [0.25, 0.3) is 5.91 Å². The van der Waals surface area contributed by atoms with E-state index in [1.807, 2.05) is 18.4 Å². The first-order valence-corrected chi connectivity index (χ1v) is 6.80. The minimum Gasteiger partial charge on any atom is -0.305 e. The average Bonchev–Trinajstić information content (AvgIpc) is 2.63. The molecule has 88 valence electrons. The van der Waals surface area contributed by atoms with E-state index in [9.17, 15) is 4.79 Å². The summed E-state index contributed by atoms with van der Waals surface area (Å²) in [6.07, 6.45) is 1.61. The second-order valence-corrected chi connectivity index (χ2v) is 5.46. The number of pyridine rings is 1. The van der Waals surface area contributed by atoms with Crippen molar-refractivity contribution in [3.05, 3.63) is 43.6 Å². The molecule has 1 N–H and O–H groups in total. The molecular formula is C11H8BrClN2OS. The molecule has 0 saturated heterocycles. The number of nitrogens with one attached hydrogen (secondary N) is 1. The Labute approximate surface area is 116 Å². The van der Waals surface area contributed by atoms with Gasteiger partial charge in [-0.3, -0.25) is 4.79 Å². The number of carbonyl (C=O) groups excluding carboxylic acids is 1. The summed E-state index contributed by atoms with van der Waals surface area (Å²) in [5.74, 6) is 0.243. The molecule has 17 heavy (non-hydrogen) atoms. The van der Waals surface area contributed by atoms with Gasteiger partial charge in [0.15, 0.2) is 0 Å². The summed E-state index contributed by atoms with van der Waals surface area (Å²) >= 11 is 10.7. The zero-order valence-electron chi connectivity index (χ0n) is 8.83. The van der Waals surface area contributed by atoms with Gasteiger partial charge in [-0.1, -0.05) is 11.6 Å². The van der Waals surface area contributed by atoms with E-state index in [0.717, 1.165) is 10.0 Å². The summed E-state index contributed by atoms with van der Waals surface area (Å²) in [5, 5.41) is 5.06. The standard InChI is InChI=1S/C11H8BrClN2OS/c1-6-5-17-9(8(6)13)11(16)15-10-7(12)3-2-4-14-10/h2-5H,1H3,(H,14,15,16). The number of aryl methyl sites for hydroxylation is 1. The Morgan fingerprint density at radius 1 is 1.59 bits per heavy atom. The van der Waals surface area contributed by atoms with E-state index in [4.69, 9.17) is 11.6 Å². The lowest BCUT2D eigenvalue weighted by Gasteiger charge is -2.04. The lowest BCUT2D eigenvalue weighted by Crippen LogP contribution is -2.12. The third kappa shape index (κ3) is 2.68. The zero-order chi connectivity index (χ0) is 12.4. The number of thiophene rings is 1. The van der Waals surface area contributed by atoms with Crippen LogP contribution in [0.15, 0.2) is 28.2 Å². The number of anilines is 1. The number of rotatable bonds is 2. The molecule has 0 unspecified atom stereocenters. The Balaban J connectivity index is 2.23. The molecule has 0 fully saturated rings. The van der Waals surface area contributed by atoms with E-state index >= 15 is 0 Å². The van der Waals surface area contributed by atoms with Crippen molar-refractivity contribution in [1.82, 2.24) is 4.98 Å². The molecule has 0 saturated carbocycles. The van der Waals surface area contributed by atoms with E-state index in [1.54, 1.807) is 12.3 Å². The second-order valence-electron chi connectivity index (χ2n) is 3.35. The SMILES string of the molecule is Cc1csc(C(=O)Nc2ncccc2Br)c1Cl. The number of nitrogens with zero attached hydrogens (tertiary/aromatic N) is 1. The first-order chi connectivity index (χ1) is 8.09. The Morgan fingerprint density at radius 2 is 2.35 bits per heavy atom. The third-order valence-electron chi connectivity index (χ3n) is 2.10. The van der Waals surface area contributed by atoms with Crippen LogP contribution in [0.4, 0.5) is 5.82 Å². The minimum absolute atomic E-state index is 0.243. The van der Waals surface area contributed by atoms with Gasteiger partial charge in [-0.25, -0.2) is 4.98 Å². The Bertz CT molecular complexity index is 570. The van der Waals surface area contributed by atoms with Gasteiger partial charge in [0.2, 0.25) is 0 Å². The first-order valence-electron chi connectivity index (χ1n) is 4.75. The second kappa shape index (κ2) is 5.16. The molecular weight excluding hydrogens is 324 g/mol. The summed E-state index contributed by atoms with van der Waals surface area (Å²) < 4.78 is 0.734. The highest BCUT2D eigenvalue weighted by Gasteiger charge is 2.15. The topological polar surface area (TPSA) is 42.0 Å². The van der Waals surface area contributed by atoms with E-state index in [0.29, 0.717) is 15.7 Å². The monoisotopic (exact) mass is 330 g/mol. The van der Waals surface area contributed by atoms with Gasteiger partial charge in [0.05, 0.1) is 9.50 Å². The van der Waals surface area contributed by atoms with Gasteiger partial charge >= 0.3 is 0 Å². The maximum atomic E-state index is 12.0. The smallest absolute Gasteiger partial charge is 0.268 e. The van der Waals surface area contributed by atoms with Crippen LogP contribution < -0.4 is 5.32 Å². The third-order valence-corrected chi connectivity index (χ3v) is 4.43. The zero-order valence-corrected chi connectivity index (χ0v) is 12.0. The molecule has 0 radical (unpaired) electrons. The fraction of sp³-hybridized carbons (Fsp3) is 0.0909. The molecule has 0 spiro atoms. The summed E-state index contributed by atoms with van der Waals surface area (Å²) in [4.78, 5) is 16.5. The van der Waals surface area contributed by atoms with Crippen LogP contribution in [0.25, 0.3) is 0 Å². The minimum atomic E-state index is -0.243. The van der Waals surface area contributed by atoms with Crippen molar-refractivity contribution < 1.29 is 4.79 Å². The van der Waals surface area contributed by atoms with Crippen molar-refractivity contribution in [3.63, 3.8) is 0 Å². The highest BCUT2D eigenvalue weighted by atomic mass is 79.9. The highest BCUT2D eigenvalue weighted by Crippen LogP contribution is 2.28. The van der Waals surface area contributed by atoms with Crippen LogP contribution in [0, 0.1) is 6.92 Å². The number of amides is 1. The summed E-state index contributed by atoms with van der Waals surface area (Å²) in [6, 6.07) is 3.59. The predicted molar refractivity (Wildman–Crippen MR) is 74.0 cm³/mol. The van der Waals surface area contributed by atoms with Crippen LogP contribution in [0.1, 0.15) is 15.2 Å². The van der Waals surface area contributed by atoms with Crippen molar-refractivity contribution in [2.24, 2.45) is 0 Å². The summed E-state index contributed by atoms with van der Waals surface area (Å²) in [5.41, 5.74) is 0.905. The van der Waals surface area contributed by atoms with Crippen molar-refractivity contribution >= 4 is 50.6 Å². The largest absolute Gasteiger partial charge is 0.305 e. The maximum Gasteiger partial charge on any atom is 0.268 e. The Morgan fingerprint density at radius 3 is 2.94 bits per heavy atom. The normalized spacial score (nSPS) is 10.3. The van der Waals surface area contributed by atoms with E-state index in [1.165, 1.54) is 11.3 Å². The molecule has 3 nitrogen and oxygen atoms in total. The molecule has 0 bridgehead atoms. The van der Waals surface area contributed by atoms with Gasteiger partial charge in [-0.05, 0) is 45.9 Å². The molecule has 0 atom stereocenters. The lowest BCUT2D eigenvalue weighted by atomic mass is 10.3. The van der Waals surface area contributed by atoms with Crippen molar-refractivity contribution in [3.8, 4) is 0 Å². The molecule has 2 heterocycles. The van der Waals surface area contributed by atoms with Crippen molar-refractivity contribution in [2.75, 3.05) is 5.32 Å². The van der Waals surface area contributed by atoms with Crippen LogP contribution in [0.5, 0.6) is 0 Å². The number of hydrogen-bond acceptors (Lipinski definition) is 3. The molecule has 0 aliphatic heterocycles. The van der Waals surface area contributed by atoms with Crippen molar-refractivity contribution in [1.29, 1.82) is 0 Å². The number of aromatic nitrogens is 1. The van der Waals surface area contributed by atoms with E-state index < -0.39 is 0 Å². The molecule has 0 aliphatic rings. The summed E-state index contributed by atoms with van der Waals surface area (Å²) in [7, 11) is 0. The number of hydrogen-bond donors (Lipinski definition) is 1. The molecule has 2 aromatic heterocycles. The fourth-order valence-corrected chi connectivity index (χ4v) is 2.75. The van der Waals surface area contributed by atoms with Crippen LogP contribution in [0.3, 0.4) is 0 Å². The average molecular weight is 332 g/mol. The van der Waals surface area contributed by atoms with Gasteiger partial charge in [0.1, 0.15) is 10.7 Å². The molecule has 0 aromatic carbocycles. The molecule has 0 aliphatic carbocycles. The Kier molecular flexibility index (Phi) is 3.81. The van der Waals surface area contributed by atoms with Gasteiger partial charge in [0, 0.05) is 6.20 Å². The molecule has 2 aromatic rings.